The van der Waals surface area contributed by atoms with Crippen LogP contribution in [0, 0.1) is 11.3 Å². The van der Waals surface area contributed by atoms with Crippen LogP contribution in [0.5, 0.6) is 0 Å². The lowest BCUT2D eigenvalue weighted by atomic mass is 9.92. The largest absolute Gasteiger partial charge is 0.469 e. The number of hydrogen-bond acceptors (Lipinski definition) is 5. The van der Waals surface area contributed by atoms with E-state index in [0.29, 0.717) is 16.4 Å². The van der Waals surface area contributed by atoms with Crippen LogP contribution in [0.1, 0.15) is 18.1 Å². The van der Waals surface area contributed by atoms with Gasteiger partial charge in [0, 0.05) is 17.5 Å². The minimum atomic E-state index is -0.438. The number of furan rings is 1. The van der Waals surface area contributed by atoms with E-state index in [0.717, 1.165) is 28.2 Å². The molecule has 0 fully saturated rings. The predicted molar refractivity (Wildman–Crippen MR) is 112 cm³/mol. The van der Waals surface area contributed by atoms with Crippen LogP contribution in [0.15, 0.2) is 75.9 Å². The van der Waals surface area contributed by atoms with Gasteiger partial charge < -0.3 is 15.1 Å². The van der Waals surface area contributed by atoms with Gasteiger partial charge in [0.15, 0.2) is 0 Å². The summed E-state index contributed by atoms with van der Waals surface area (Å²) in [5, 5.41) is 17.6. The zero-order valence-corrected chi connectivity index (χ0v) is 16.2. The summed E-state index contributed by atoms with van der Waals surface area (Å²) < 4.78 is 5.39. The van der Waals surface area contributed by atoms with Crippen molar-refractivity contribution in [2.75, 3.05) is 11.1 Å². The van der Waals surface area contributed by atoms with Gasteiger partial charge in [0.2, 0.25) is 11.8 Å². The molecule has 0 radical (unpaired) electrons. The standard InChI is InChI=1S/C22H17N3O3S/c23-12-17-16(19-9-4-10-28-19)11-20(26)25-22(17)29-13-21(27)24-18-8-3-6-14-5-1-2-7-15(14)18/h1-10,16H,11,13H2,(H,24,27)(H,25,26)/t16-/m0/s1. The number of allylic oxidation sites excluding steroid dienone is 1. The minimum Gasteiger partial charge on any atom is -0.469 e. The van der Waals surface area contributed by atoms with Crippen LogP contribution in [-0.2, 0) is 9.59 Å². The molecule has 2 amide bonds. The van der Waals surface area contributed by atoms with E-state index < -0.39 is 5.92 Å². The first-order valence-corrected chi connectivity index (χ1v) is 10.0. The summed E-state index contributed by atoms with van der Waals surface area (Å²) in [6.45, 7) is 0. The molecule has 144 valence electrons. The second-order valence-electron chi connectivity index (χ2n) is 6.54. The third-order valence-electron chi connectivity index (χ3n) is 4.65. The molecular formula is C22H17N3O3S. The lowest BCUT2D eigenvalue weighted by Crippen LogP contribution is -2.31. The molecule has 7 heteroatoms. The van der Waals surface area contributed by atoms with E-state index in [1.165, 1.54) is 6.26 Å². The predicted octanol–water partition coefficient (Wildman–Crippen LogP) is 4.14. The second-order valence-corrected chi connectivity index (χ2v) is 7.52. The van der Waals surface area contributed by atoms with Gasteiger partial charge in [-0.2, -0.15) is 5.26 Å². The highest BCUT2D eigenvalue weighted by Crippen LogP contribution is 2.36. The average Bonchev–Trinajstić information content (AvgIpc) is 3.27. The zero-order chi connectivity index (χ0) is 20.2. The number of amides is 2. The number of carbonyl (C=O) groups is 2. The van der Waals surface area contributed by atoms with Gasteiger partial charge in [0.25, 0.3) is 0 Å². The van der Waals surface area contributed by atoms with Gasteiger partial charge in [-0.3, -0.25) is 9.59 Å². The van der Waals surface area contributed by atoms with E-state index in [9.17, 15) is 14.9 Å². The van der Waals surface area contributed by atoms with Crippen molar-refractivity contribution in [1.29, 1.82) is 5.26 Å². The molecule has 0 unspecified atom stereocenters. The molecule has 3 aromatic rings. The highest BCUT2D eigenvalue weighted by Gasteiger charge is 2.31. The van der Waals surface area contributed by atoms with E-state index >= 15 is 0 Å². The number of anilines is 1. The Bertz CT molecular complexity index is 1140. The number of thioether (sulfide) groups is 1. The molecule has 1 atom stereocenters. The highest BCUT2D eigenvalue weighted by molar-refractivity contribution is 8.03. The molecule has 1 aromatic heterocycles. The molecule has 4 rings (SSSR count). The molecule has 0 spiro atoms. The van der Waals surface area contributed by atoms with E-state index in [1.807, 2.05) is 42.5 Å². The number of rotatable bonds is 5. The Morgan fingerprint density at radius 3 is 2.83 bits per heavy atom. The third-order valence-corrected chi connectivity index (χ3v) is 5.67. The van der Waals surface area contributed by atoms with Crippen molar-refractivity contribution in [2.45, 2.75) is 12.3 Å². The Kier molecular flexibility index (Phi) is 5.36. The van der Waals surface area contributed by atoms with E-state index in [-0.39, 0.29) is 24.0 Å². The summed E-state index contributed by atoms with van der Waals surface area (Å²) >= 11 is 1.14. The summed E-state index contributed by atoms with van der Waals surface area (Å²) in [5.74, 6) is -0.232. The summed E-state index contributed by atoms with van der Waals surface area (Å²) in [5.41, 5.74) is 1.13. The van der Waals surface area contributed by atoms with Crippen molar-refractivity contribution in [1.82, 2.24) is 5.32 Å². The molecule has 29 heavy (non-hydrogen) atoms. The van der Waals surface area contributed by atoms with Crippen LogP contribution in [0.3, 0.4) is 0 Å². The van der Waals surface area contributed by atoms with Crippen molar-refractivity contribution in [3.63, 3.8) is 0 Å². The number of nitrogens with one attached hydrogen (secondary N) is 2. The third kappa shape index (κ3) is 4.03. The first-order chi connectivity index (χ1) is 14.2. The maximum Gasteiger partial charge on any atom is 0.234 e. The van der Waals surface area contributed by atoms with Crippen LogP contribution in [0.4, 0.5) is 5.69 Å². The van der Waals surface area contributed by atoms with Crippen molar-refractivity contribution < 1.29 is 14.0 Å². The molecule has 1 aliphatic rings. The van der Waals surface area contributed by atoms with E-state index in [4.69, 9.17) is 4.42 Å². The monoisotopic (exact) mass is 403 g/mol. The minimum absolute atomic E-state index is 0.0644. The topological polar surface area (TPSA) is 95.1 Å². The molecule has 0 aliphatic carbocycles. The van der Waals surface area contributed by atoms with Crippen molar-refractivity contribution in [2.24, 2.45) is 0 Å². The van der Waals surface area contributed by atoms with Gasteiger partial charge in [-0.25, -0.2) is 0 Å². The SMILES string of the molecule is N#CC1=C(SCC(=O)Nc2cccc3ccccc23)NC(=O)C[C@@H]1c1ccco1. The van der Waals surface area contributed by atoms with Gasteiger partial charge in [-0.1, -0.05) is 48.2 Å². The number of hydrogen-bond donors (Lipinski definition) is 2. The van der Waals surface area contributed by atoms with Gasteiger partial charge in [-0.05, 0) is 23.6 Å². The van der Waals surface area contributed by atoms with E-state index in [2.05, 4.69) is 16.7 Å². The Hall–Kier alpha value is -3.50. The Balaban J connectivity index is 1.50. The van der Waals surface area contributed by atoms with Gasteiger partial charge >= 0.3 is 0 Å². The first kappa shape index (κ1) is 18.8. The smallest absolute Gasteiger partial charge is 0.234 e. The molecule has 2 N–H and O–H groups in total. The number of benzene rings is 2. The molecule has 0 bridgehead atoms. The maximum atomic E-state index is 12.5. The highest BCUT2D eigenvalue weighted by atomic mass is 32.2. The van der Waals surface area contributed by atoms with Crippen LogP contribution < -0.4 is 10.6 Å². The normalized spacial score (nSPS) is 16.4. The Morgan fingerprint density at radius 1 is 1.21 bits per heavy atom. The summed E-state index contributed by atoms with van der Waals surface area (Å²) in [6.07, 6.45) is 1.66. The van der Waals surface area contributed by atoms with Crippen LogP contribution >= 0.6 is 11.8 Å². The molecule has 0 saturated heterocycles. The number of nitrogens with zero attached hydrogens (tertiary/aromatic N) is 1. The van der Waals surface area contributed by atoms with Crippen LogP contribution in [0.2, 0.25) is 0 Å². The zero-order valence-electron chi connectivity index (χ0n) is 15.3. The van der Waals surface area contributed by atoms with Gasteiger partial charge in [0.05, 0.1) is 34.6 Å². The molecule has 0 saturated carbocycles. The maximum absolute atomic E-state index is 12.5. The fourth-order valence-corrected chi connectivity index (χ4v) is 4.20. The quantitative estimate of drug-likeness (QED) is 0.667. The van der Waals surface area contributed by atoms with Gasteiger partial charge in [0.1, 0.15) is 5.76 Å². The van der Waals surface area contributed by atoms with Crippen LogP contribution in [0.25, 0.3) is 10.8 Å². The first-order valence-electron chi connectivity index (χ1n) is 9.03. The van der Waals surface area contributed by atoms with Crippen molar-refractivity contribution >= 4 is 40.0 Å². The number of nitriles is 1. The number of fused-ring (bicyclic) bond motifs is 1. The Morgan fingerprint density at radius 2 is 2.03 bits per heavy atom. The second kappa shape index (κ2) is 8.25. The lowest BCUT2D eigenvalue weighted by molar-refractivity contribution is -0.121. The van der Waals surface area contributed by atoms with Crippen molar-refractivity contribution in [3.05, 3.63) is 77.2 Å². The average molecular weight is 403 g/mol. The van der Waals surface area contributed by atoms with Crippen molar-refractivity contribution in [3.8, 4) is 6.07 Å². The molecule has 2 heterocycles. The Labute approximate surface area is 171 Å². The molecule has 6 nitrogen and oxygen atoms in total. The fourth-order valence-electron chi connectivity index (χ4n) is 3.32. The lowest BCUT2D eigenvalue weighted by Gasteiger charge is -2.23. The summed E-state index contributed by atoms with van der Waals surface area (Å²) in [6, 6.07) is 19.1. The van der Waals surface area contributed by atoms with E-state index in [1.54, 1.807) is 12.1 Å². The van der Waals surface area contributed by atoms with Gasteiger partial charge in [-0.15, -0.1) is 0 Å². The van der Waals surface area contributed by atoms with Crippen LogP contribution in [-0.4, -0.2) is 17.6 Å². The molecule has 1 aliphatic heterocycles. The molecular weight excluding hydrogens is 386 g/mol. The fraction of sp³-hybridized carbons (Fsp3) is 0.136. The molecule has 2 aromatic carbocycles. The number of carbonyl (C=O) groups excluding carboxylic acids is 2. The summed E-state index contributed by atoms with van der Waals surface area (Å²) in [7, 11) is 0. The summed E-state index contributed by atoms with van der Waals surface area (Å²) in [4.78, 5) is 24.6.